The SMILES string of the molecule is CCN(CC(=O)NCc1cccs1)C(=O)Cn1cnc2sc(-c3ccccc3)c(C)c2c1=O. The van der Waals surface area contributed by atoms with Gasteiger partial charge in [-0.2, -0.15) is 0 Å². The van der Waals surface area contributed by atoms with Gasteiger partial charge in [-0.3, -0.25) is 19.0 Å². The van der Waals surface area contributed by atoms with E-state index < -0.39 is 0 Å². The summed E-state index contributed by atoms with van der Waals surface area (Å²) in [6.07, 6.45) is 1.41. The highest BCUT2D eigenvalue weighted by Crippen LogP contribution is 2.35. The minimum absolute atomic E-state index is 0.0548. The molecule has 0 saturated heterocycles. The van der Waals surface area contributed by atoms with E-state index in [2.05, 4.69) is 10.3 Å². The van der Waals surface area contributed by atoms with Crippen LogP contribution < -0.4 is 10.9 Å². The van der Waals surface area contributed by atoms with Crippen molar-refractivity contribution in [2.75, 3.05) is 13.1 Å². The molecule has 170 valence electrons. The van der Waals surface area contributed by atoms with E-state index in [1.165, 1.54) is 27.1 Å². The zero-order valence-electron chi connectivity index (χ0n) is 18.4. The van der Waals surface area contributed by atoms with Gasteiger partial charge in [0.25, 0.3) is 5.56 Å². The van der Waals surface area contributed by atoms with Gasteiger partial charge in [0.15, 0.2) is 0 Å². The number of nitrogens with one attached hydrogen (secondary N) is 1. The monoisotopic (exact) mass is 480 g/mol. The highest BCUT2D eigenvalue weighted by Gasteiger charge is 2.20. The Balaban J connectivity index is 1.49. The summed E-state index contributed by atoms with van der Waals surface area (Å²) in [4.78, 5) is 46.9. The molecule has 7 nitrogen and oxygen atoms in total. The number of aryl methyl sites for hydroxylation is 1. The molecule has 0 fully saturated rings. The first-order chi connectivity index (χ1) is 16.0. The van der Waals surface area contributed by atoms with Gasteiger partial charge >= 0.3 is 0 Å². The molecule has 3 heterocycles. The number of carbonyl (C=O) groups excluding carboxylic acids is 2. The van der Waals surface area contributed by atoms with Crippen molar-refractivity contribution in [3.63, 3.8) is 0 Å². The van der Waals surface area contributed by atoms with Gasteiger partial charge in [-0.05, 0) is 36.4 Å². The predicted molar refractivity (Wildman–Crippen MR) is 132 cm³/mol. The molecular weight excluding hydrogens is 456 g/mol. The van der Waals surface area contributed by atoms with Crippen molar-refractivity contribution in [3.8, 4) is 10.4 Å². The van der Waals surface area contributed by atoms with Crippen LogP contribution in [0.25, 0.3) is 20.7 Å². The quantitative estimate of drug-likeness (QED) is 0.417. The summed E-state index contributed by atoms with van der Waals surface area (Å²) in [6.45, 7) is 4.30. The molecule has 33 heavy (non-hydrogen) atoms. The lowest BCUT2D eigenvalue weighted by Gasteiger charge is -2.20. The maximum absolute atomic E-state index is 13.2. The molecule has 0 aliphatic rings. The molecule has 3 aromatic heterocycles. The fraction of sp³-hybridized carbons (Fsp3) is 0.250. The number of thiophene rings is 2. The van der Waals surface area contributed by atoms with E-state index in [-0.39, 0.29) is 30.5 Å². The molecule has 0 radical (unpaired) electrons. The number of fused-ring (bicyclic) bond motifs is 1. The van der Waals surface area contributed by atoms with Crippen LogP contribution in [0.5, 0.6) is 0 Å². The molecule has 0 atom stereocenters. The van der Waals surface area contributed by atoms with Crippen molar-refractivity contribution >= 4 is 44.7 Å². The number of aromatic nitrogens is 2. The van der Waals surface area contributed by atoms with E-state index in [0.717, 1.165) is 20.9 Å². The minimum Gasteiger partial charge on any atom is -0.350 e. The van der Waals surface area contributed by atoms with Crippen LogP contribution in [-0.2, 0) is 22.7 Å². The summed E-state index contributed by atoms with van der Waals surface area (Å²) < 4.78 is 1.32. The molecule has 0 bridgehead atoms. The molecule has 0 aliphatic carbocycles. The van der Waals surface area contributed by atoms with Gasteiger partial charge in [-0.1, -0.05) is 36.4 Å². The lowest BCUT2D eigenvalue weighted by Crippen LogP contribution is -2.42. The third kappa shape index (κ3) is 5.04. The van der Waals surface area contributed by atoms with Crippen molar-refractivity contribution in [2.45, 2.75) is 26.9 Å². The zero-order chi connectivity index (χ0) is 23.4. The number of hydrogen-bond donors (Lipinski definition) is 1. The third-order valence-corrected chi connectivity index (χ3v) is 7.49. The van der Waals surface area contributed by atoms with Gasteiger partial charge in [0.05, 0.1) is 24.8 Å². The van der Waals surface area contributed by atoms with E-state index in [4.69, 9.17) is 0 Å². The highest BCUT2D eigenvalue weighted by atomic mass is 32.1. The molecule has 1 N–H and O–H groups in total. The van der Waals surface area contributed by atoms with E-state index >= 15 is 0 Å². The van der Waals surface area contributed by atoms with E-state index in [1.807, 2.05) is 61.7 Å². The summed E-state index contributed by atoms with van der Waals surface area (Å²) in [5, 5.41) is 5.31. The van der Waals surface area contributed by atoms with Crippen molar-refractivity contribution in [3.05, 3.63) is 75.0 Å². The predicted octanol–water partition coefficient (Wildman–Crippen LogP) is 3.66. The molecule has 0 aliphatic heterocycles. The Hall–Kier alpha value is -3.30. The van der Waals surface area contributed by atoms with E-state index in [9.17, 15) is 14.4 Å². The second-order valence-electron chi connectivity index (χ2n) is 7.54. The van der Waals surface area contributed by atoms with Gasteiger partial charge in [-0.15, -0.1) is 22.7 Å². The molecule has 2 amide bonds. The number of hydrogen-bond acceptors (Lipinski definition) is 6. The van der Waals surface area contributed by atoms with Crippen molar-refractivity contribution in [2.24, 2.45) is 0 Å². The first kappa shape index (κ1) is 22.9. The first-order valence-corrected chi connectivity index (χ1v) is 12.3. The van der Waals surface area contributed by atoms with Crippen LogP contribution in [-0.4, -0.2) is 39.4 Å². The van der Waals surface area contributed by atoms with Crippen molar-refractivity contribution in [1.29, 1.82) is 0 Å². The van der Waals surface area contributed by atoms with E-state index in [1.54, 1.807) is 11.3 Å². The van der Waals surface area contributed by atoms with Gasteiger partial charge in [0, 0.05) is 16.3 Å². The van der Waals surface area contributed by atoms with Crippen molar-refractivity contribution in [1.82, 2.24) is 19.8 Å². The summed E-state index contributed by atoms with van der Waals surface area (Å²) in [6, 6.07) is 13.7. The topological polar surface area (TPSA) is 84.3 Å². The maximum atomic E-state index is 13.2. The maximum Gasteiger partial charge on any atom is 0.262 e. The summed E-state index contributed by atoms with van der Waals surface area (Å²) >= 11 is 3.03. The summed E-state index contributed by atoms with van der Waals surface area (Å²) in [5.41, 5.74) is 1.65. The Morgan fingerprint density at radius 1 is 1.15 bits per heavy atom. The number of amides is 2. The smallest absolute Gasteiger partial charge is 0.262 e. The fourth-order valence-electron chi connectivity index (χ4n) is 3.59. The third-order valence-electron chi connectivity index (χ3n) is 5.37. The Kier molecular flexibility index (Phi) is 7.00. The molecule has 0 unspecified atom stereocenters. The lowest BCUT2D eigenvalue weighted by molar-refractivity contribution is -0.136. The minimum atomic E-state index is -0.303. The average molecular weight is 481 g/mol. The Bertz CT molecular complexity index is 1330. The molecule has 0 spiro atoms. The van der Waals surface area contributed by atoms with Gasteiger partial charge in [-0.25, -0.2) is 4.98 Å². The number of nitrogens with zero attached hydrogens (tertiary/aromatic N) is 3. The normalized spacial score (nSPS) is 11.0. The zero-order valence-corrected chi connectivity index (χ0v) is 20.0. The van der Waals surface area contributed by atoms with Crippen LogP contribution in [0.3, 0.4) is 0 Å². The Labute approximate surface area is 199 Å². The molecule has 4 aromatic rings. The fourth-order valence-corrected chi connectivity index (χ4v) is 5.38. The van der Waals surface area contributed by atoms with Gasteiger partial charge in [0.2, 0.25) is 11.8 Å². The van der Waals surface area contributed by atoms with Crippen LogP contribution >= 0.6 is 22.7 Å². The molecular formula is C24H24N4O3S2. The number of rotatable bonds is 8. The lowest BCUT2D eigenvalue weighted by atomic mass is 10.1. The average Bonchev–Trinajstić information content (AvgIpc) is 3.46. The highest BCUT2D eigenvalue weighted by molar-refractivity contribution is 7.22. The van der Waals surface area contributed by atoms with Gasteiger partial charge < -0.3 is 10.2 Å². The first-order valence-electron chi connectivity index (χ1n) is 10.6. The van der Waals surface area contributed by atoms with Crippen LogP contribution in [0, 0.1) is 6.92 Å². The van der Waals surface area contributed by atoms with Crippen molar-refractivity contribution < 1.29 is 9.59 Å². The van der Waals surface area contributed by atoms with Crippen LogP contribution in [0.2, 0.25) is 0 Å². The van der Waals surface area contributed by atoms with Crippen LogP contribution in [0.1, 0.15) is 17.4 Å². The second-order valence-corrected chi connectivity index (χ2v) is 9.58. The molecule has 1 aromatic carbocycles. The molecule has 0 saturated carbocycles. The number of benzene rings is 1. The van der Waals surface area contributed by atoms with Crippen LogP contribution in [0.15, 0.2) is 59.0 Å². The largest absolute Gasteiger partial charge is 0.350 e. The number of likely N-dealkylation sites (N-methyl/N-ethyl adjacent to an activating group) is 1. The van der Waals surface area contributed by atoms with E-state index in [0.29, 0.717) is 23.3 Å². The second kappa shape index (κ2) is 10.1. The van der Waals surface area contributed by atoms with Gasteiger partial charge in [0.1, 0.15) is 11.4 Å². The molecule has 9 heteroatoms. The number of carbonyl (C=O) groups is 2. The van der Waals surface area contributed by atoms with Crippen LogP contribution in [0.4, 0.5) is 0 Å². The Morgan fingerprint density at radius 3 is 2.64 bits per heavy atom. The summed E-state index contributed by atoms with van der Waals surface area (Å²) in [5.74, 6) is -0.538. The standard InChI is InChI=1S/C24H24N4O3S2/c1-3-27(13-19(29)25-12-18-10-7-11-32-18)20(30)14-28-15-26-23-21(24(28)31)16(2)22(33-23)17-8-5-4-6-9-17/h4-11,15H,3,12-14H2,1-2H3,(H,25,29). The summed E-state index contributed by atoms with van der Waals surface area (Å²) in [7, 11) is 0. The molecule has 4 rings (SSSR count). The Morgan fingerprint density at radius 2 is 1.94 bits per heavy atom.